The summed E-state index contributed by atoms with van der Waals surface area (Å²) in [5.74, 6) is 2.10. The van der Waals surface area contributed by atoms with Crippen LogP contribution in [-0.2, 0) is 11.3 Å². The van der Waals surface area contributed by atoms with Gasteiger partial charge >= 0.3 is 0 Å². The second-order valence-corrected chi connectivity index (χ2v) is 7.06. The van der Waals surface area contributed by atoms with Crippen LogP contribution in [0.1, 0.15) is 36.6 Å². The smallest absolute Gasteiger partial charge is 0.227 e. The van der Waals surface area contributed by atoms with Crippen molar-refractivity contribution in [2.45, 2.75) is 31.7 Å². The van der Waals surface area contributed by atoms with Crippen LogP contribution in [-0.4, -0.2) is 51.5 Å². The molecule has 0 radical (unpaired) electrons. The molecule has 1 atom stereocenters. The van der Waals surface area contributed by atoms with Gasteiger partial charge in [-0.3, -0.25) is 9.78 Å². The van der Waals surface area contributed by atoms with Gasteiger partial charge in [-0.2, -0.15) is 0 Å². The van der Waals surface area contributed by atoms with Gasteiger partial charge in [0.25, 0.3) is 0 Å². The summed E-state index contributed by atoms with van der Waals surface area (Å²) in [6.45, 7) is 4.34. The van der Waals surface area contributed by atoms with Gasteiger partial charge in [0.1, 0.15) is 5.82 Å². The van der Waals surface area contributed by atoms with E-state index < -0.39 is 0 Å². The third-order valence-corrected chi connectivity index (χ3v) is 5.43. The van der Waals surface area contributed by atoms with Gasteiger partial charge in [0.15, 0.2) is 0 Å². The number of carbonyl (C=O) groups excluding carboxylic acids is 1. The van der Waals surface area contributed by atoms with Gasteiger partial charge in [-0.1, -0.05) is 0 Å². The Hall–Kier alpha value is -2.21. The van der Waals surface area contributed by atoms with Crippen molar-refractivity contribution in [3.8, 4) is 0 Å². The number of hydrogen-bond acceptors (Lipinski definition) is 4. The second-order valence-electron chi connectivity index (χ2n) is 7.06. The summed E-state index contributed by atoms with van der Waals surface area (Å²) in [6.07, 6.45) is 10.6. The van der Waals surface area contributed by atoms with Crippen LogP contribution in [0.5, 0.6) is 0 Å². The number of nitrogens with zero attached hydrogens (tertiary/aromatic N) is 4. The molecule has 2 fully saturated rings. The average Bonchev–Trinajstić information content (AvgIpc) is 3.34. The summed E-state index contributed by atoms with van der Waals surface area (Å²) in [4.78, 5) is 23.3. The zero-order chi connectivity index (χ0) is 17.1. The van der Waals surface area contributed by atoms with E-state index in [4.69, 9.17) is 0 Å². The number of pyridine rings is 1. The molecule has 0 saturated carbocycles. The van der Waals surface area contributed by atoms with Crippen molar-refractivity contribution < 1.29 is 4.79 Å². The van der Waals surface area contributed by atoms with Crippen LogP contribution in [0.25, 0.3) is 0 Å². The van der Waals surface area contributed by atoms with Crippen LogP contribution >= 0.6 is 0 Å². The third kappa shape index (κ3) is 3.58. The third-order valence-electron chi connectivity index (χ3n) is 5.43. The number of nitrogens with one attached hydrogen (secondary N) is 1. The summed E-state index contributed by atoms with van der Waals surface area (Å²) in [5, 5.41) is 3.29. The Labute approximate surface area is 148 Å². The summed E-state index contributed by atoms with van der Waals surface area (Å²) in [6, 6.07) is 4.08. The Kier molecular flexibility index (Phi) is 4.78. The lowest BCUT2D eigenvalue weighted by molar-refractivity contribution is -0.136. The van der Waals surface area contributed by atoms with Gasteiger partial charge < -0.3 is 14.8 Å². The van der Waals surface area contributed by atoms with Crippen molar-refractivity contribution in [1.29, 1.82) is 0 Å². The first-order valence-electron chi connectivity index (χ1n) is 9.20. The number of carbonyl (C=O) groups is 1. The number of imidazole rings is 1. The molecule has 2 aromatic heterocycles. The van der Waals surface area contributed by atoms with Crippen molar-refractivity contribution in [2.24, 2.45) is 5.92 Å². The molecule has 4 heterocycles. The molecular weight excluding hydrogens is 314 g/mol. The summed E-state index contributed by atoms with van der Waals surface area (Å²) >= 11 is 0. The molecule has 1 N–H and O–H groups in total. The van der Waals surface area contributed by atoms with E-state index in [1.807, 2.05) is 30.7 Å². The van der Waals surface area contributed by atoms with Crippen molar-refractivity contribution in [3.63, 3.8) is 0 Å². The van der Waals surface area contributed by atoms with Crippen molar-refractivity contribution in [1.82, 2.24) is 24.8 Å². The first kappa shape index (κ1) is 16.3. The number of amides is 1. The molecule has 0 bridgehead atoms. The van der Waals surface area contributed by atoms with Crippen molar-refractivity contribution in [2.75, 3.05) is 26.2 Å². The fraction of sp³-hybridized carbons (Fsp3) is 0.526. The van der Waals surface area contributed by atoms with E-state index in [2.05, 4.69) is 30.9 Å². The number of hydrogen-bond donors (Lipinski definition) is 1. The summed E-state index contributed by atoms with van der Waals surface area (Å²) in [7, 11) is 0. The molecule has 0 unspecified atom stereocenters. The summed E-state index contributed by atoms with van der Waals surface area (Å²) < 4.78 is 2.23. The van der Waals surface area contributed by atoms with E-state index in [-0.39, 0.29) is 5.92 Å². The van der Waals surface area contributed by atoms with E-state index in [0.717, 1.165) is 57.8 Å². The topological polar surface area (TPSA) is 63.1 Å². The van der Waals surface area contributed by atoms with Crippen molar-refractivity contribution >= 4 is 5.91 Å². The molecule has 6 heteroatoms. The molecule has 2 aromatic rings. The lowest BCUT2D eigenvalue weighted by Gasteiger charge is -2.33. The lowest BCUT2D eigenvalue weighted by Crippen LogP contribution is -2.42. The normalized spacial score (nSPS) is 21.6. The zero-order valence-corrected chi connectivity index (χ0v) is 14.5. The first-order chi connectivity index (χ1) is 12.3. The largest absolute Gasteiger partial charge is 0.342 e. The van der Waals surface area contributed by atoms with E-state index in [1.165, 1.54) is 5.56 Å². The Bertz CT molecular complexity index is 700. The predicted octanol–water partition coefficient (Wildman–Crippen LogP) is 1.64. The fourth-order valence-electron chi connectivity index (χ4n) is 3.98. The van der Waals surface area contributed by atoms with Gasteiger partial charge in [-0.25, -0.2) is 4.98 Å². The molecule has 2 saturated heterocycles. The van der Waals surface area contributed by atoms with Crippen LogP contribution in [0.3, 0.4) is 0 Å². The highest BCUT2D eigenvalue weighted by Gasteiger charge is 2.31. The summed E-state index contributed by atoms with van der Waals surface area (Å²) in [5.41, 5.74) is 1.23. The molecule has 132 valence electrons. The van der Waals surface area contributed by atoms with Crippen LogP contribution < -0.4 is 5.32 Å². The molecule has 0 aliphatic carbocycles. The predicted molar refractivity (Wildman–Crippen MR) is 95.1 cm³/mol. The molecule has 1 amide bonds. The van der Waals surface area contributed by atoms with E-state index in [1.54, 1.807) is 0 Å². The second kappa shape index (κ2) is 7.35. The number of aromatic nitrogens is 3. The van der Waals surface area contributed by atoms with Gasteiger partial charge in [0.2, 0.25) is 5.91 Å². The molecule has 6 nitrogen and oxygen atoms in total. The highest BCUT2D eigenvalue weighted by molar-refractivity contribution is 5.79. The Morgan fingerprint density at radius 1 is 1.16 bits per heavy atom. The molecule has 25 heavy (non-hydrogen) atoms. The number of rotatable bonds is 4. The maximum absolute atomic E-state index is 12.6. The Morgan fingerprint density at radius 2 is 1.96 bits per heavy atom. The maximum atomic E-state index is 12.6. The van der Waals surface area contributed by atoms with Gasteiger partial charge in [-0.05, 0) is 43.5 Å². The van der Waals surface area contributed by atoms with Crippen molar-refractivity contribution in [3.05, 3.63) is 48.3 Å². The molecule has 4 rings (SSSR count). The highest BCUT2D eigenvalue weighted by atomic mass is 16.2. The molecule has 2 aliphatic rings. The minimum absolute atomic E-state index is 0.185. The van der Waals surface area contributed by atoms with Gasteiger partial charge in [-0.15, -0.1) is 0 Å². The van der Waals surface area contributed by atoms with Crippen LogP contribution in [0, 0.1) is 5.92 Å². The molecule has 0 spiro atoms. The molecule has 0 aromatic carbocycles. The van der Waals surface area contributed by atoms with Crippen LogP contribution in [0.15, 0.2) is 36.9 Å². The van der Waals surface area contributed by atoms with Crippen LogP contribution in [0.2, 0.25) is 0 Å². The fourth-order valence-corrected chi connectivity index (χ4v) is 3.98. The quantitative estimate of drug-likeness (QED) is 0.920. The SMILES string of the molecule is O=C([C@H]1CCNC1)N1CCC(c2nccn2Cc2ccncc2)CC1. The maximum Gasteiger partial charge on any atom is 0.227 e. The minimum Gasteiger partial charge on any atom is -0.342 e. The van der Waals surface area contributed by atoms with Gasteiger partial charge in [0, 0.05) is 56.9 Å². The van der Waals surface area contributed by atoms with E-state index >= 15 is 0 Å². The lowest BCUT2D eigenvalue weighted by atomic mass is 9.94. The van der Waals surface area contributed by atoms with Gasteiger partial charge in [0.05, 0.1) is 5.92 Å². The Balaban J connectivity index is 1.38. The number of piperidine rings is 1. The number of likely N-dealkylation sites (tertiary alicyclic amines) is 1. The van der Waals surface area contributed by atoms with Crippen LogP contribution in [0.4, 0.5) is 0 Å². The minimum atomic E-state index is 0.185. The Morgan fingerprint density at radius 3 is 2.68 bits per heavy atom. The zero-order valence-electron chi connectivity index (χ0n) is 14.5. The monoisotopic (exact) mass is 339 g/mol. The van der Waals surface area contributed by atoms with E-state index in [0.29, 0.717) is 11.8 Å². The average molecular weight is 339 g/mol. The molecular formula is C19H25N5O. The highest BCUT2D eigenvalue weighted by Crippen LogP contribution is 2.28. The first-order valence-corrected chi connectivity index (χ1v) is 9.20. The molecule has 2 aliphatic heterocycles. The van der Waals surface area contributed by atoms with E-state index in [9.17, 15) is 4.79 Å². The standard InChI is InChI=1S/C19H25N5O/c25-19(17-3-8-21-13-17)23-10-4-16(5-11-23)18-22-9-12-24(18)14-15-1-6-20-7-2-15/h1-2,6-7,9,12,16-17,21H,3-5,8,10-11,13-14H2/t17-/m0/s1.